The summed E-state index contributed by atoms with van der Waals surface area (Å²) in [6.07, 6.45) is 9.00. The first kappa shape index (κ1) is 15.3. The van der Waals surface area contributed by atoms with Gasteiger partial charge in [0.25, 0.3) is 0 Å². The van der Waals surface area contributed by atoms with Gasteiger partial charge in [-0.1, -0.05) is 25.7 Å². The Labute approximate surface area is 121 Å². The van der Waals surface area contributed by atoms with Gasteiger partial charge >= 0.3 is 0 Å². The van der Waals surface area contributed by atoms with E-state index >= 15 is 0 Å². The predicted octanol–water partition coefficient (Wildman–Crippen LogP) is 1.40. The van der Waals surface area contributed by atoms with Gasteiger partial charge in [-0.15, -0.1) is 0 Å². The topological polar surface area (TPSA) is 52.7 Å². The lowest BCUT2D eigenvalue weighted by Gasteiger charge is -2.32. The Morgan fingerprint density at radius 3 is 2.70 bits per heavy atom. The summed E-state index contributed by atoms with van der Waals surface area (Å²) < 4.78 is 0. The molecular formula is C15H27N3O2. The van der Waals surface area contributed by atoms with Crippen molar-refractivity contribution >= 4 is 12.3 Å². The molecule has 1 heterocycles. The van der Waals surface area contributed by atoms with Gasteiger partial charge in [0.1, 0.15) is 0 Å². The molecule has 1 atom stereocenters. The molecule has 2 rings (SSSR count). The molecule has 1 saturated heterocycles. The lowest BCUT2D eigenvalue weighted by Crippen LogP contribution is -2.51. The Morgan fingerprint density at radius 2 is 2.10 bits per heavy atom. The molecule has 1 saturated carbocycles. The van der Waals surface area contributed by atoms with Gasteiger partial charge in [0.15, 0.2) is 0 Å². The number of hydrogen-bond donors (Lipinski definition) is 1. The minimum atomic E-state index is -0.0566. The monoisotopic (exact) mass is 281 g/mol. The van der Waals surface area contributed by atoms with E-state index in [2.05, 4.69) is 5.43 Å². The average Bonchev–Trinajstić information content (AvgIpc) is 2.99. The minimum Gasteiger partial charge on any atom is -0.348 e. The number of hydrazine groups is 1. The van der Waals surface area contributed by atoms with Crippen molar-refractivity contribution in [2.75, 3.05) is 26.7 Å². The molecular weight excluding hydrogens is 254 g/mol. The Bertz CT molecular complexity index is 323. The van der Waals surface area contributed by atoms with Gasteiger partial charge in [0.2, 0.25) is 12.3 Å². The largest absolute Gasteiger partial charge is 0.348 e. The molecule has 5 heteroatoms. The first-order valence-electron chi connectivity index (χ1n) is 7.91. The molecule has 0 spiro atoms. The quantitative estimate of drug-likeness (QED) is 0.749. The molecule has 0 radical (unpaired) electrons. The number of nitrogens with one attached hydrogen (secondary N) is 1. The summed E-state index contributed by atoms with van der Waals surface area (Å²) in [6, 6.07) is 0. The second-order valence-corrected chi connectivity index (χ2v) is 6.23. The van der Waals surface area contributed by atoms with Gasteiger partial charge in [-0.05, 0) is 25.2 Å². The highest BCUT2D eigenvalue weighted by atomic mass is 16.2. The van der Waals surface area contributed by atoms with Crippen molar-refractivity contribution in [3.8, 4) is 0 Å². The van der Waals surface area contributed by atoms with E-state index in [9.17, 15) is 9.59 Å². The summed E-state index contributed by atoms with van der Waals surface area (Å²) in [5, 5.41) is 1.78. The first-order valence-corrected chi connectivity index (χ1v) is 7.91. The number of carbonyl (C=O) groups is 2. The van der Waals surface area contributed by atoms with E-state index in [0.717, 1.165) is 38.8 Å². The molecule has 1 aliphatic carbocycles. The third-order valence-electron chi connectivity index (χ3n) is 4.51. The summed E-state index contributed by atoms with van der Waals surface area (Å²) in [5.74, 6) is 0.776. The molecule has 0 bridgehead atoms. The van der Waals surface area contributed by atoms with E-state index in [1.165, 1.54) is 25.7 Å². The van der Waals surface area contributed by atoms with Gasteiger partial charge in [-0.2, -0.15) is 0 Å². The maximum Gasteiger partial charge on any atom is 0.241 e. The van der Waals surface area contributed by atoms with Crippen LogP contribution in [-0.2, 0) is 9.59 Å². The summed E-state index contributed by atoms with van der Waals surface area (Å²) >= 11 is 0. The van der Waals surface area contributed by atoms with Crippen molar-refractivity contribution in [1.82, 2.24) is 15.3 Å². The van der Waals surface area contributed by atoms with Crippen molar-refractivity contribution < 1.29 is 9.59 Å². The zero-order chi connectivity index (χ0) is 14.4. The van der Waals surface area contributed by atoms with E-state index in [-0.39, 0.29) is 11.8 Å². The third-order valence-corrected chi connectivity index (χ3v) is 4.51. The van der Waals surface area contributed by atoms with Crippen molar-refractivity contribution in [3.05, 3.63) is 0 Å². The maximum absolute atomic E-state index is 12.7. The number of amides is 2. The fourth-order valence-corrected chi connectivity index (χ4v) is 3.39. The van der Waals surface area contributed by atoms with Gasteiger partial charge in [0.05, 0.1) is 5.92 Å². The summed E-state index contributed by atoms with van der Waals surface area (Å²) in [5.41, 5.74) is 3.19. The second kappa shape index (κ2) is 7.62. The standard InChI is InChI=1S/C15H27N3O2/c1-17(12-19)11-14(10-13-6-2-3-7-13)15(20)18-9-5-4-8-16-18/h12-14,16H,2-11H2,1H3/t14-/m1/s1. The molecule has 0 aromatic rings. The molecule has 1 N–H and O–H groups in total. The number of hydrogen-bond acceptors (Lipinski definition) is 3. The summed E-state index contributed by atoms with van der Waals surface area (Å²) in [6.45, 7) is 2.22. The van der Waals surface area contributed by atoms with Crippen LogP contribution in [0.15, 0.2) is 0 Å². The van der Waals surface area contributed by atoms with Gasteiger partial charge in [-0.25, -0.2) is 5.43 Å². The van der Waals surface area contributed by atoms with E-state index < -0.39 is 0 Å². The van der Waals surface area contributed by atoms with Crippen molar-refractivity contribution in [1.29, 1.82) is 0 Å². The van der Waals surface area contributed by atoms with Crippen LogP contribution >= 0.6 is 0 Å². The normalized spacial score (nSPS) is 21.8. The summed E-state index contributed by atoms with van der Waals surface area (Å²) in [7, 11) is 1.76. The maximum atomic E-state index is 12.7. The highest BCUT2D eigenvalue weighted by molar-refractivity contribution is 5.79. The first-order chi connectivity index (χ1) is 9.70. The van der Waals surface area contributed by atoms with E-state index in [1.807, 2.05) is 0 Å². The Kier molecular flexibility index (Phi) is 5.83. The number of carbonyl (C=O) groups excluding carboxylic acids is 2. The molecule has 114 valence electrons. The molecule has 5 nitrogen and oxygen atoms in total. The van der Waals surface area contributed by atoms with Crippen LogP contribution in [0.1, 0.15) is 44.9 Å². The van der Waals surface area contributed by atoms with Crippen LogP contribution in [0.25, 0.3) is 0 Å². The van der Waals surface area contributed by atoms with Crippen LogP contribution in [0.5, 0.6) is 0 Å². The fourth-order valence-electron chi connectivity index (χ4n) is 3.39. The number of rotatable bonds is 6. The Hall–Kier alpha value is -1.10. The zero-order valence-electron chi connectivity index (χ0n) is 12.5. The fraction of sp³-hybridized carbons (Fsp3) is 0.867. The molecule has 2 aliphatic rings. The molecule has 1 aliphatic heterocycles. The summed E-state index contributed by atoms with van der Waals surface area (Å²) in [4.78, 5) is 25.1. The SMILES string of the molecule is CN(C=O)C[C@@H](CC1CCCC1)C(=O)N1CCCCN1. The van der Waals surface area contributed by atoms with Crippen LogP contribution in [-0.4, -0.2) is 48.9 Å². The second-order valence-electron chi connectivity index (χ2n) is 6.23. The molecule has 2 amide bonds. The molecule has 0 unspecified atom stereocenters. The average molecular weight is 281 g/mol. The molecule has 0 aromatic carbocycles. The minimum absolute atomic E-state index is 0.0566. The van der Waals surface area contributed by atoms with E-state index in [4.69, 9.17) is 0 Å². The van der Waals surface area contributed by atoms with Gasteiger partial charge in [0, 0.05) is 26.7 Å². The third kappa shape index (κ3) is 4.20. The Morgan fingerprint density at radius 1 is 1.35 bits per heavy atom. The van der Waals surface area contributed by atoms with Crippen LogP contribution in [0, 0.1) is 11.8 Å². The highest BCUT2D eigenvalue weighted by Crippen LogP contribution is 2.31. The Balaban J connectivity index is 1.95. The van der Waals surface area contributed by atoms with Crippen molar-refractivity contribution in [2.45, 2.75) is 44.9 Å². The van der Waals surface area contributed by atoms with Crippen LogP contribution in [0.3, 0.4) is 0 Å². The smallest absolute Gasteiger partial charge is 0.241 e. The van der Waals surface area contributed by atoms with Crippen LogP contribution in [0.4, 0.5) is 0 Å². The predicted molar refractivity (Wildman–Crippen MR) is 77.7 cm³/mol. The molecule has 0 aromatic heterocycles. The lowest BCUT2D eigenvalue weighted by atomic mass is 9.92. The van der Waals surface area contributed by atoms with Crippen molar-refractivity contribution in [3.63, 3.8) is 0 Å². The molecule has 20 heavy (non-hydrogen) atoms. The zero-order valence-corrected chi connectivity index (χ0v) is 12.5. The van der Waals surface area contributed by atoms with E-state index in [0.29, 0.717) is 12.5 Å². The van der Waals surface area contributed by atoms with Crippen LogP contribution < -0.4 is 5.43 Å². The lowest BCUT2D eigenvalue weighted by molar-refractivity contribution is -0.141. The van der Waals surface area contributed by atoms with Gasteiger partial charge in [-0.3, -0.25) is 14.6 Å². The van der Waals surface area contributed by atoms with Crippen LogP contribution in [0.2, 0.25) is 0 Å². The molecule has 2 fully saturated rings. The van der Waals surface area contributed by atoms with E-state index in [1.54, 1.807) is 17.0 Å². The van der Waals surface area contributed by atoms with Gasteiger partial charge < -0.3 is 4.90 Å². The highest BCUT2D eigenvalue weighted by Gasteiger charge is 2.30. The number of nitrogens with zero attached hydrogens (tertiary/aromatic N) is 2. The van der Waals surface area contributed by atoms with Crippen molar-refractivity contribution in [2.24, 2.45) is 11.8 Å².